The van der Waals surface area contributed by atoms with Crippen LogP contribution in [0.2, 0.25) is 0 Å². The Morgan fingerprint density at radius 3 is 2.68 bits per heavy atom. The van der Waals surface area contributed by atoms with Crippen LogP contribution in [-0.2, 0) is 5.75 Å². The monoisotopic (exact) mass is 369 g/mol. The van der Waals surface area contributed by atoms with Gasteiger partial charge in [0.2, 0.25) is 0 Å². The Hall–Kier alpha value is -2.71. The average Bonchev–Trinajstić information content (AvgIpc) is 3.04. The molecular formula is C17H11N3O3S2. The molecule has 0 bridgehead atoms. The summed E-state index contributed by atoms with van der Waals surface area (Å²) < 4.78 is 0. The Balaban J connectivity index is 1.57. The number of anilines is 1. The fourth-order valence-electron chi connectivity index (χ4n) is 2.55. The molecule has 124 valence electrons. The summed E-state index contributed by atoms with van der Waals surface area (Å²) in [4.78, 5) is 29.4. The van der Waals surface area contributed by atoms with Crippen LogP contribution in [0.1, 0.15) is 15.2 Å². The molecule has 0 spiro atoms. The summed E-state index contributed by atoms with van der Waals surface area (Å²) in [5, 5.41) is 14.0. The number of aromatic nitrogens is 1. The van der Waals surface area contributed by atoms with Crippen molar-refractivity contribution in [3.8, 4) is 11.3 Å². The van der Waals surface area contributed by atoms with Gasteiger partial charge in [-0.25, -0.2) is 4.98 Å². The minimum atomic E-state index is -0.494. The largest absolute Gasteiger partial charge is 0.298 e. The van der Waals surface area contributed by atoms with Gasteiger partial charge in [-0.05, 0) is 18.2 Å². The Morgan fingerprint density at radius 2 is 1.92 bits per heavy atom. The number of amides is 1. The van der Waals surface area contributed by atoms with Crippen LogP contribution in [-0.4, -0.2) is 15.8 Å². The lowest BCUT2D eigenvalue weighted by Gasteiger charge is -2.13. The van der Waals surface area contributed by atoms with E-state index in [4.69, 9.17) is 0 Å². The van der Waals surface area contributed by atoms with Crippen LogP contribution in [0.3, 0.4) is 0 Å². The molecule has 2 heterocycles. The first-order valence-corrected chi connectivity index (χ1v) is 9.20. The summed E-state index contributed by atoms with van der Waals surface area (Å²) in [7, 11) is 0. The molecule has 8 heteroatoms. The Morgan fingerprint density at radius 1 is 1.16 bits per heavy atom. The zero-order valence-electron chi connectivity index (χ0n) is 12.8. The quantitative estimate of drug-likeness (QED) is 0.540. The summed E-state index contributed by atoms with van der Waals surface area (Å²) in [6.07, 6.45) is 0. The molecule has 0 saturated heterocycles. The maximum Gasteiger partial charge on any atom is 0.269 e. The van der Waals surface area contributed by atoms with E-state index in [1.165, 1.54) is 40.5 Å². The van der Waals surface area contributed by atoms with E-state index < -0.39 is 4.92 Å². The first-order chi connectivity index (χ1) is 12.1. The van der Waals surface area contributed by atoms with Gasteiger partial charge in [-0.1, -0.05) is 18.2 Å². The van der Waals surface area contributed by atoms with Gasteiger partial charge in [0, 0.05) is 38.8 Å². The van der Waals surface area contributed by atoms with Crippen molar-refractivity contribution >= 4 is 39.8 Å². The first kappa shape index (κ1) is 15.8. The third-order valence-electron chi connectivity index (χ3n) is 3.76. The Bertz CT molecular complexity index is 983. The number of carbonyl (C=O) groups excluding carboxylic acids is 1. The van der Waals surface area contributed by atoms with Gasteiger partial charge >= 0.3 is 0 Å². The molecule has 6 nitrogen and oxygen atoms in total. The van der Waals surface area contributed by atoms with Gasteiger partial charge in [0.1, 0.15) is 0 Å². The summed E-state index contributed by atoms with van der Waals surface area (Å²) in [5.41, 5.74) is 2.31. The van der Waals surface area contributed by atoms with Crippen molar-refractivity contribution in [2.24, 2.45) is 0 Å². The van der Waals surface area contributed by atoms with Crippen molar-refractivity contribution in [3.63, 3.8) is 0 Å². The number of thioether (sulfide) groups is 1. The predicted molar refractivity (Wildman–Crippen MR) is 98.2 cm³/mol. The van der Waals surface area contributed by atoms with E-state index in [9.17, 15) is 14.9 Å². The van der Waals surface area contributed by atoms with E-state index in [-0.39, 0.29) is 11.6 Å². The highest BCUT2D eigenvalue weighted by atomic mass is 32.2. The number of benzene rings is 2. The molecule has 2 aromatic carbocycles. The van der Waals surface area contributed by atoms with Crippen molar-refractivity contribution in [1.29, 1.82) is 0 Å². The fourth-order valence-corrected chi connectivity index (χ4v) is 4.65. The lowest BCUT2D eigenvalue weighted by molar-refractivity contribution is -0.384. The number of nitrogens with one attached hydrogen (secondary N) is 1. The van der Waals surface area contributed by atoms with Crippen LogP contribution < -0.4 is 5.32 Å². The molecule has 4 rings (SSSR count). The topological polar surface area (TPSA) is 85.1 Å². The normalized spacial score (nSPS) is 12.2. The minimum absolute atomic E-state index is 0.0464. The number of nitro benzene ring substituents is 1. The van der Waals surface area contributed by atoms with E-state index in [2.05, 4.69) is 16.4 Å². The van der Waals surface area contributed by atoms with Gasteiger partial charge < -0.3 is 0 Å². The third kappa shape index (κ3) is 3.01. The van der Waals surface area contributed by atoms with Crippen molar-refractivity contribution in [1.82, 2.24) is 4.98 Å². The molecule has 0 unspecified atom stereocenters. The standard InChI is InChI=1S/C17H11N3O3S2/c21-16(10-5-7-11(8-6-10)20(22)23)19-17-18-15-12-3-1-2-4-13(12)24-9-14(15)25-17/h1-8H,9H2,(H,18,19,21). The van der Waals surface area contributed by atoms with Gasteiger partial charge in [0.05, 0.1) is 10.6 Å². The van der Waals surface area contributed by atoms with Gasteiger partial charge in [-0.2, -0.15) is 0 Å². The van der Waals surface area contributed by atoms with Crippen LogP contribution >= 0.6 is 23.1 Å². The second kappa shape index (κ2) is 6.30. The second-order valence-corrected chi connectivity index (χ2v) is 7.43. The maximum absolute atomic E-state index is 12.3. The number of hydrogen-bond acceptors (Lipinski definition) is 6. The van der Waals surface area contributed by atoms with Crippen molar-refractivity contribution in [3.05, 3.63) is 69.1 Å². The summed E-state index contributed by atoms with van der Waals surface area (Å²) in [6.45, 7) is 0. The third-order valence-corrected chi connectivity index (χ3v) is 6.01. The van der Waals surface area contributed by atoms with Crippen molar-refractivity contribution < 1.29 is 9.72 Å². The van der Waals surface area contributed by atoms with E-state index in [0.29, 0.717) is 10.7 Å². The van der Waals surface area contributed by atoms with Crippen LogP contribution in [0.5, 0.6) is 0 Å². The molecule has 1 aromatic heterocycles. The molecule has 1 N–H and O–H groups in total. The van der Waals surface area contributed by atoms with Crippen molar-refractivity contribution in [2.75, 3.05) is 5.32 Å². The number of non-ortho nitro benzene ring substituents is 1. The molecular weight excluding hydrogens is 358 g/mol. The summed E-state index contributed by atoms with van der Waals surface area (Å²) in [6, 6.07) is 13.6. The number of fused-ring (bicyclic) bond motifs is 3. The van der Waals surface area contributed by atoms with Crippen LogP contribution in [0.15, 0.2) is 53.4 Å². The number of thiazole rings is 1. The number of rotatable bonds is 3. The zero-order chi connectivity index (χ0) is 17.4. The zero-order valence-corrected chi connectivity index (χ0v) is 14.4. The fraction of sp³-hybridized carbons (Fsp3) is 0.0588. The number of hydrogen-bond donors (Lipinski definition) is 1. The molecule has 1 amide bonds. The van der Waals surface area contributed by atoms with Gasteiger partial charge in [0.15, 0.2) is 5.13 Å². The minimum Gasteiger partial charge on any atom is -0.298 e. The molecule has 0 atom stereocenters. The molecule has 3 aromatic rings. The Labute approximate surface area is 151 Å². The first-order valence-electron chi connectivity index (χ1n) is 7.39. The number of nitro groups is 1. The number of nitrogens with zero attached hydrogens (tertiary/aromatic N) is 2. The summed E-state index contributed by atoms with van der Waals surface area (Å²) >= 11 is 3.22. The van der Waals surface area contributed by atoms with Crippen LogP contribution in [0.4, 0.5) is 10.8 Å². The molecule has 25 heavy (non-hydrogen) atoms. The molecule has 0 saturated carbocycles. The van der Waals surface area contributed by atoms with Gasteiger partial charge in [-0.15, -0.1) is 23.1 Å². The molecule has 0 fully saturated rings. The maximum atomic E-state index is 12.3. The van der Waals surface area contributed by atoms with Crippen molar-refractivity contribution in [2.45, 2.75) is 10.6 Å². The lowest BCUT2D eigenvalue weighted by Crippen LogP contribution is -2.11. The van der Waals surface area contributed by atoms with Crippen LogP contribution in [0.25, 0.3) is 11.3 Å². The van der Waals surface area contributed by atoms with E-state index in [0.717, 1.165) is 21.9 Å². The molecule has 1 aliphatic heterocycles. The molecule has 1 aliphatic rings. The lowest BCUT2D eigenvalue weighted by atomic mass is 10.1. The Kier molecular flexibility index (Phi) is 3.98. The molecule has 0 aliphatic carbocycles. The predicted octanol–water partition coefficient (Wildman–Crippen LogP) is 4.58. The smallest absolute Gasteiger partial charge is 0.269 e. The highest BCUT2D eigenvalue weighted by molar-refractivity contribution is 7.98. The van der Waals surface area contributed by atoms with E-state index in [1.54, 1.807) is 11.8 Å². The molecule has 0 radical (unpaired) electrons. The summed E-state index contributed by atoms with van der Waals surface area (Å²) in [5.74, 6) is 0.499. The SMILES string of the molecule is O=C(Nc1nc2c(s1)CSc1ccccc1-2)c1ccc([N+](=O)[O-])cc1. The van der Waals surface area contributed by atoms with E-state index in [1.807, 2.05) is 18.2 Å². The van der Waals surface area contributed by atoms with E-state index >= 15 is 0 Å². The number of carbonyl (C=O) groups is 1. The van der Waals surface area contributed by atoms with Crippen LogP contribution in [0, 0.1) is 10.1 Å². The second-order valence-electron chi connectivity index (χ2n) is 5.33. The highest BCUT2D eigenvalue weighted by Gasteiger charge is 2.22. The highest BCUT2D eigenvalue weighted by Crippen LogP contribution is 2.44. The van der Waals surface area contributed by atoms with Gasteiger partial charge in [-0.3, -0.25) is 20.2 Å². The average molecular weight is 369 g/mol. The van der Waals surface area contributed by atoms with Gasteiger partial charge in [0.25, 0.3) is 11.6 Å².